The molecule has 0 radical (unpaired) electrons. The number of nitrogens with zero attached hydrogens (tertiary/aromatic N) is 2. The van der Waals surface area contributed by atoms with Gasteiger partial charge in [0.2, 0.25) is 5.91 Å². The lowest BCUT2D eigenvalue weighted by atomic mass is 10.4. The topological polar surface area (TPSA) is 125 Å². The molecule has 9 heteroatoms. The van der Waals surface area contributed by atoms with E-state index in [4.69, 9.17) is 5.11 Å². The van der Waals surface area contributed by atoms with E-state index in [1.807, 2.05) is 12.3 Å². The molecule has 20 heavy (non-hydrogen) atoms. The summed E-state index contributed by atoms with van der Waals surface area (Å²) in [7, 11) is 0. The third kappa shape index (κ3) is 6.99. The average Bonchev–Trinajstić information content (AvgIpc) is 2.92. The largest absolute Gasteiger partial charge is 0.480 e. The average molecular weight is 283 g/mol. The molecule has 1 aromatic heterocycles. The summed E-state index contributed by atoms with van der Waals surface area (Å²) in [5.41, 5.74) is 0. The summed E-state index contributed by atoms with van der Waals surface area (Å²) >= 11 is 0. The molecule has 0 aromatic carbocycles. The molecule has 1 aromatic rings. The van der Waals surface area contributed by atoms with Crippen molar-refractivity contribution < 1.29 is 19.5 Å². The zero-order chi connectivity index (χ0) is 14.8. The van der Waals surface area contributed by atoms with Crippen LogP contribution in [0.25, 0.3) is 0 Å². The first kappa shape index (κ1) is 15.5. The minimum absolute atomic E-state index is 0.266. The van der Waals surface area contributed by atoms with Gasteiger partial charge in [-0.1, -0.05) is 0 Å². The minimum Gasteiger partial charge on any atom is -0.480 e. The van der Waals surface area contributed by atoms with Gasteiger partial charge in [-0.25, -0.2) is 4.79 Å². The van der Waals surface area contributed by atoms with E-state index in [0.717, 1.165) is 0 Å². The number of hydrogen-bond donors (Lipinski definition) is 4. The first-order valence-electron chi connectivity index (χ1n) is 6.05. The van der Waals surface area contributed by atoms with Crippen molar-refractivity contribution in [2.75, 3.05) is 19.6 Å². The zero-order valence-corrected chi connectivity index (χ0v) is 10.8. The van der Waals surface area contributed by atoms with Crippen LogP contribution in [0.2, 0.25) is 0 Å². The minimum atomic E-state index is -1.14. The second-order valence-electron chi connectivity index (χ2n) is 3.90. The Bertz CT molecular complexity index is 446. The lowest BCUT2D eigenvalue weighted by molar-refractivity contribution is -0.137. The molecule has 0 aliphatic rings. The van der Waals surface area contributed by atoms with E-state index in [9.17, 15) is 14.4 Å². The van der Waals surface area contributed by atoms with Crippen LogP contribution in [0.5, 0.6) is 0 Å². The van der Waals surface area contributed by atoms with Crippen LogP contribution in [-0.2, 0) is 16.1 Å². The molecule has 0 bridgehead atoms. The normalized spacial score (nSPS) is 9.80. The number of urea groups is 1. The Morgan fingerprint density at radius 1 is 1.15 bits per heavy atom. The Morgan fingerprint density at radius 3 is 2.60 bits per heavy atom. The molecule has 0 saturated carbocycles. The third-order valence-electron chi connectivity index (χ3n) is 2.26. The molecule has 0 fully saturated rings. The molecule has 0 saturated heterocycles. The van der Waals surface area contributed by atoms with Crippen LogP contribution in [0.15, 0.2) is 18.5 Å². The van der Waals surface area contributed by atoms with Crippen molar-refractivity contribution >= 4 is 17.9 Å². The van der Waals surface area contributed by atoms with Crippen molar-refractivity contribution in [3.8, 4) is 0 Å². The summed E-state index contributed by atoms with van der Waals surface area (Å²) in [6.07, 6.45) is 4.21. The van der Waals surface area contributed by atoms with Crippen molar-refractivity contribution in [2.24, 2.45) is 0 Å². The Labute approximate surface area is 115 Å². The summed E-state index contributed by atoms with van der Waals surface area (Å²) in [6.45, 7) is 0.402. The fourth-order valence-corrected chi connectivity index (χ4v) is 1.34. The second-order valence-corrected chi connectivity index (χ2v) is 3.90. The number of carbonyl (C=O) groups is 3. The van der Waals surface area contributed by atoms with Crippen molar-refractivity contribution in [3.05, 3.63) is 18.5 Å². The molecule has 0 aliphatic carbocycles. The predicted molar refractivity (Wildman–Crippen MR) is 68.9 cm³/mol. The standard InChI is InChI=1S/C11H17N5O4/c17-9(13-8-10(18)19)7-14-11(20)12-3-1-5-16-6-2-4-15-16/h2,4,6H,1,3,5,7-8H2,(H,13,17)(H,18,19)(H2,12,14,20). The number of hydrogen-bond acceptors (Lipinski definition) is 4. The molecular weight excluding hydrogens is 266 g/mol. The third-order valence-corrected chi connectivity index (χ3v) is 2.26. The first-order chi connectivity index (χ1) is 9.58. The summed E-state index contributed by atoms with van der Waals surface area (Å²) in [4.78, 5) is 32.6. The Balaban J connectivity index is 2.02. The number of amides is 3. The van der Waals surface area contributed by atoms with Gasteiger partial charge in [-0.2, -0.15) is 5.10 Å². The van der Waals surface area contributed by atoms with Gasteiger partial charge < -0.3 is 21.1 Å². The van der Waals surface area contributed by atoms with Crippen LogP contribution < -0.4 is 16.0 Å². The smallest absolute Gasteiger partial charge is 0.322 e. The SMILES string of the molecule is O=C(O)CNC(=O)CNC(=O)NCCCn1cccn1. The van der Waals surface area contributed by atoms with Crippen LogP contribution in [0, 0.1) is 0 Å². The molecule has 3 amide bonds. The van der Waals surface area contributed by atoms with E-state index in [1.165, 1.54) is 0 Å². The van der Waals surface area contributed by atoms with Gasteiger partial charge in [-0.15, -0.1) is 0 Å². The molecule has 9 nitrogen and oxygen atoms in total. The van der Waals surface area contributed by atoms with E-state index in [0.29, 0.717) is 19.5 Å². The van der Waals surface area contributed by atoms with Crippen molar-refractivity contribution in [3.63, 3.8) is 0 Å². The van der Waals surface area contributed by atoms with Crippen LogP contribution >= 0.6 is 0 Å². The second kappa shape index (κ2) is 8.51. The summed E-state index contributed by atoms with van der Waals surface area (Å²) in [5, 5.41) is 19.4. The highest BCUT2D eigenvalue weighted by Crippen LogP contribution is 1.87. The predicted octanol–water partition coefficient (Wildman–Crippen LogP) is -1.23. The number of aryl methyl sites for hydroxylation is 1. The number of rotatable bonds is 8. The maximum atomic E-state index is 11.3. The van der Waals surface area contributed by atoms with E-state index in [2.05, 4.69) is 21.0 Å². The highest BCUT2D eigenvalue weighted by atomic mass is 16.4. The molecule has 0 spiro atoms. The van der Waals surface area contributed by atoms with E-state index >= 15 is 0 Å². The molecular formula is C11H17N5O4. The molecule has 0 atom stereocenters. The first-order valence-corrected chi connectivity index (χ1v) is 6.05. The lowest BCUT2D eigenvalue weighted by Gasteiger charge is -2.07. The highest BCUT2D eigenvalue weighted by molar-refractivity contribution is 5.86. The molecule has 1 rings (SSSR count). The van der Waals surface area contributed by atoms with Crippen LogP contribution in [0.1, 0.15) is 6.42 Å². The van der Waals surface area contributed by atoms with E-state index in [1.54, 1.807) is 10.9 Å². The monoisotopic (exact) mass is 283 g/mol. The van der Waals surface area contributed by atoms with E-state index < -0.39 is 24.5 Å². The quantitative estimate of drug-likeness (QED) is 0.445. The maximum Gasteiger partial charge on any atom is 0.322 e. The number of carbonyl (C=O) groups excluding carboxylic acids is 2. The van der Waals surface area contributed by atoms with Gasteiger partial charge in [0.15, 0.2) is 0 Å². The number of aliphatic carboxylic acids is 1. The summed E-state index contributed by atoms with van der Waals surface area (Å²) < 4.78 is 1.75. The lowest BCUT2D eigenvalue weighted by Crippen LogP contribution is -2.43. The van der Waals surface area contributed by atoms with Crippen LogP contribution in [-0.4, -0.2) is 52.4 Å². The van der Waals surface area contributed by atoms with Crippen molar-refractivity contribution in [1.29, 1.82) is 0 Å². The molecule has 0 aliphatic heterocycles. The van der Waals surface area contributed by atoms with Gasteiger partial charge in [0.05, 0.1) is 6.54 Å². The van der Waals surface area contributed by atoms with Gasteiger partial charge in [0.25, 0.3) is 0 Å². The van der Waals surface area contributed by atoms with E-state index in [-0.39, 0.29) is 6.54 Å². The molecule has 4 N–H and O–H groups in total. The van der Waals surface area contributed by atoms with Crippen LogP contribution in [0.3, 0.4) is 0 Å². The zero-order valence-electron chi connectivity index (χ0n) is 10.8. The van der Waals surface area contributed by atoms with Gasteiger partial charge in [0.1, 0.15) is 6.54 Å². The fraction of sp³-hybridized carbons (Fsp3) is 0.455. The molecule has 0 unspecified atom stereocenters. The van der Waals surface area contributed by atoms with Gasteiger partial charge in [-0.05, 0) is 12.5 Å². The fourth-order valence-electron chi connectivity index (χ4n) is 1.34. The Hall–Kier alpha value is -2.58. The number of carboxylic acids is 1. The Morgan fingerprint density at radius 2 is 1.95 bits per heavy atom. The molecule has 110 valence electrons. The number of nitrogens with one attached hydrogen (secondary N) is 3. The summed E-state index contributed by atoms with van der Waals surface area (Å²) in [6, 6.07) is 1.34. The van der Waals surface area contributed by atoms with Gasteiger partial charge in [0, 0.05) is 25.5 Å². The number of aromatic nitrogens is 2. The van der Waals surface area contributed by atoms with Crippen molar-refractivity contribution in [2.45, 2.75) is 13.0 Å². The highest BCUT2D eigenvalue weighted by Gasteiger charge is 2.05. The van der Waals surface area contributed by atoms with Crippen LogP contribution in [0.4, 0.5) is 4.79 Å². The Kier molecular flexibility index (Phi) is 6.59. The molecule has 1 heterocycles. The van der Waals surface area contributed by atoms with Gasteiger partial charge >= 0.3 is 12.0 Å². The summed E-state index contributed by atoms with van der Waals surface area (Å²) in [5.74, 6) is -1.69. The number of carboxylic acid groups (broad SMARTS) is 1. The maximum absolute atomic E-state index is 11.3. The van der Waals surface area contributed by atoms with Gasteiger partial charge in [-0.3, -0.25) is 14.3 Å². The van der Waals surface area contributed by atoms with Crippen molar-refractivity contribution in [1.82, 2.24) is 25.7 Å².